The number of methoxy groups -OCH3 is 1. The van der Waals surface area contributed by atoms with Crippen molar-refractivity contribution in [2.75, 3.05) is 26.0 Å². The molecule has 0 spiro atoms. The summed E-state index contributed by atoms with van der Waals surface area (Å²) >= 11 is 0. The van der Waals surface area contributed by atoms with Gasteiger partial charge < -0.3 is 9.84 Å². The van der Waals surface area contributed by atoms with Crippen LogP contribution in [0.4, 0.5) is 0 Å². The van der Waals surface area contributed by atoms with E-state index in [1.165, 1.54) is 15.2 Å². The van der Waals surface area contributed by atoms with Crippen LogP contribution in [0.15, 0.2) is 12.4 Å². The summed E-state index contributed by atoms with van der Waals surface area (Å²) in [5.41, 5.74) is -0.574. The molecule has 2 heterocycles. The third-order valence-electron chi connectivity index (χ3n) is 4.79. The van der Waals surface area contributed by atoms with Crippen molar-refractivity contribution in [3.8, 4) is 0 Å². The Hall–Kier alpha value is -1.03. The largest absolute Gasteiger partial charge is 0.389 e. The minimum Gasteiger partial charge on any atom is -0.389 e. The van der Waals surface area contributed by atoms with Gasteiger partial charge in [0.05, 0.1) is 29.7 Å². The molecule has 2 aliphatic rings. The number of sulfonamides is 1. The van der Waals surface area contributed by atoms with Crippen LogP contribution in [0.3, 0.4) is 0 Å². The summed E-state index contributed by atoms with van der Waals surface area (Å²) in [6, 6.07) is -0.389. The van der Waals surface area contributed by atoms with Gasteiger partial charge in [0.15, 0.2) is 0 Å². The zero-order chi connectivity index (χ0) is 15.8. The van der Waals surface area contributed by atoms with E-state index in [9.17, 15) is 13.5 Å². The highest BCUT2D eigenvalue weighted by atomic mass is 32.2. The van der Waals surface area contributed by atoms with E-state index in [0.717, 1.165) is 25.7 Å². The average Bonchev–Trinajstić information content (AvgIpc) is 3.18. The van der Waals surface area contributed by atoms with Crippen molar-refractivity contribution in [3.05, 3.63) is 12.4 Å². The lowest BCUT2D eigenvalue weighted by Crippen LogP contribution is -2.43. The van der Waals surface area contributed by atoms with E-state index < -0.39 is 21.7 Å². The Balaban J connectivity index is 1.73. The van der Waals surface area contributed by atoms with Crippen LogP contribution in [0.1, 0.15) is 31.7 Å². The molecular weight excluding hydrogens is 308 g/mol. The zero-order valence-corrected chi connectivity index (χ0v) is 13.4. The first-order chi connectivity index (χ1) is 10.5. The predicted octanol–water partition coefficient (Wildman–Crippen LogP) is -0.215. The molecule has 8 nitrogen and oxygen atoms in total. The van der Waals surface area contributed by atoms with Gasteiger partial charge in [0.25, 0.3) is 0 Å². The molecule has 22 heavy (non-hydrogen) atoms. The van der Waals surface area contributed by atoms with Crippen molar-refractivity contribution >= 4 is 10.0 Å². The molecule has 9 heteroatoms. The molecule has 1 aromatic heterocycles. The van der Waals surface area contributed by atoms with Crippen molar-refractivity contribution < 1.29 is 18.3 Å². The van der Waals surface area contributed by atoms with Crippen LogP contribution in [0.5, 0.6) is 0 Å². The van der Waals surface area contributed by atoms with Gasteiger partial charge in [-0.15, -0.1) is 5.10 Å². The van der Waals surface area contributed by atoms with Crippen molar-refractivity contribution in [2.24, 2.45) is 0 Å². The lowest BCUT2D eigenvalue weighted by molar-refractivity contribution is 0.0147. The molecule has 0 amide bonds. The van der Waals surface area contributed by atoms with Crippen molar-refractivity contribution in [2.45, 2.75) is 43.4 Å². The highest BCUT2D eigenvalue weighted by molar-refractivity contribution is 7.89. The average molecular weight is 330 g/mol. The molecule has 0 bridgehead atoms. The number of rotatable bonds is 5. The van der Waals surface area contributed by atoms with E-state index in [2.05, 4.69) is 10.3 Å². The number of β-amino-alcohol motifs (C(OH)–C–C–N with tert-alkyl or cyclic N) is 1. The number of ether oxygens (including phenoxy) is 1. The van der Waals surface area contributed by atoms with E-state index in [-0.39, 0.29) is 24.9 Å². The zero-order valence-electron chi connectivity index (χ0n) is 12.6. The van der Waals surface area contributed by atoms with Crippen molar-refractivity contribution in [3.63, 3.8) is 0 Å². The maximum Gasteiger partial charge on any atom is 0.217 e. The molecule has 1 saturated carbocycles. The smallest absolute Gasteiger partial charge is 0.217 e. The molecule has 0 unspecified atom stereocenters. The third kappa shape index (κ3) is 2.90. The molecular formula is C13H22N4O4S. The minimum atomic E-state index is -3.48. The number of hydrogen-bond donors (Lipinski definition) is 1. The SMILES string of the molecule is COC1(CS(=O)(=O)N2C[C@@H](O)[C@H](n3ccnn3)C2)CCCC1. The molecule has 1 saturated heterocycles. The maximum absolute atomic E-state index is 12.7. The fourth-order valence-corrected chi connectivity index (χ4v) is 5.48. The van der Waals surface area contributed by atoms with Gasteiger partial charge >= 0.3 is 0 Å². The van der Waals surface area contributed by atoms with Crippen LogP contribution in [-0.4, -0.2) is 70.5 Å². The topological polar surface area (TPSA) is 97.6 Å². The first kappa shape index (κ1) is 15.9. The van der Waals surface area contributed by atoms with Gasteiger partial charge in [0, 0.05) is 26.4 Å². The summed E-state index contributed by atoms with van der Waals surface area (Å²) in [5.74, 6) is -0.0205. The van der Waals surface area contributed by atoms with Gasteiger partial charge in [0.1, 0.15) is 0 Å². The third-order valence-corrected chi connectivity index (χ3v) is 6.77. The summed E-state index contributed by atoms with van der Waals surface area (Å²) in [7, 11) is -1.90. The van der Waals surface area contributed by atoms with Gasteiger partial charge in [-0.2, -0.15) is 4.31 Å². The molecule has 1 aromatic rings. The highest BCUT2D eigenvalue weighted by Gasteiger charge is 2.44. The van der Waals surface area contributed by atoms with E-state index >= 15 is 0 Å². The molecule has 2 atom stereocenters. The Morgan fingerprint density at radius 2 is 2.09 bits per heavy atom. The normalized spacial score (nSPS) is 29.2. The predicted molar refractivity (Wildman–Crippen MR) is 78.6 cm³/mol. The fraction of sp³-hybridized carbons (Fsp3) is 0.846. The lowest BCUT2D eigenvalue weighted by atomic mass is 10.1. The summed E-state index contributed by atoms with van der Waals surface area (Å²) in [4.78, 5) is 0. The Kier molecular flexibility index (Phi) is 4.23. The molecule has 3 rings (SSSR count). The van der Waals surface area contributed by atoms with Crippen LogP contribution in [0, 0.1) is 0 Å². The Labute approximate surface area is 130 Å². The van der Waals surface area contributed by atoms with Gasteiger partial charge in [-0.3, -0.25) is 0 Å². The standard InChI is InChI=1S/C13H22N4O4S/c1-21-13(4-2-3-5-13)10-22(19,20)16-8-11(12(18)9-16)17-7-6-14-15-17/h6-7,11-12,18H,2-5,8-10H2,1H3/t11-,12-/m1/s1. The molecule has 1 aliphatic heterocycles. The quantitative estimate of drug-likeness (QED) is 0.802. The van der Waals surface area contributed by atoms with Gasteiger partial charge in [-0.05, 0) is 12.8 Å². The molecule has 1 aliphatic carbocycles. The van der Waals surface area contributed by atoms with Crippen LogP contribution in [0.2, 0.25) is 0 Å². The number of aliphatic hydroxyl groups is 1. The monoisotopic (exact) mass is 330 g/mol. The molecule has 124 valence electrons. The maximum atomic E-state index is 12.7. The molecule has 1 N–H and O–H groups in total. The number of nitrogens with zero attached hydrogens (tertiary/aromatic N) is 4. The fourth-order valence-electron chi connectivity index (χ4n) is 3.47. The highest BCUT2D eigenvalue weighted by Crippen LogP contribution is 2.35. The second-order valence-electron chi connectivity index (χ2n) is 6.19. The molecule has 0 aromatic carbocycles. The Morgan fingerprint density at radius 3 is 2.68 bits per heavy atom. The first-order valence-electron chi connectivity index (χ1n) is 7.53. The first-order valence-corrected chi connectivity index (χ1v) is 9.14. The van der Waals surface area contributed by atoms with Crippen LogP contribution in [0.25, 0.3) is 0 Å². The summed E-state index contributed by atoms with van der Waals surface area (Å²) in [6.45, 7) is 0.305. The summed E-state index contributed by atoms with van der Waals surface area (Å²) in [5, 5.41) is 17.7. The lowest BCUT2D eigenvalue weighted by Gasteiger charge is -2.29. The number of aromatic nitrogens is 3. The van der Waals surface area contributed by atoms with Gasteiger partial charge in [0.2, 0.25) is 10.0 Å². The van der Waals surface area contributed by atoms with Gasteiger partial charge in [-0.1, -0.05) is 18.1 Å². The Bertz CT molecular complexity index is 598. The molecule has 2 fully saturated rings. The van der Waals surface area contributed by atoms with Crippen molar-refractivity contribution in [1.29, 1.82) is 0 Å². The van der Waals surface area contributed by atoms with Crippen LogP contribution < -0.4 is 0 Å². The second kappa shape index (κ2) is 5.88. The second-order valence-corrected chi connectivity index (χ2v) is 8.15. The van der Waals surface area contributed by atoms with Crippen LogP contribution in [-0.2, 0) is 14.8 Å². The number of aliphatic hydroxyl groups excluding tert-OH is 1. The number of hydrogen-bond acceptors (Lipinski definition) is 6. The van der Waals surface area contributed by atoms with E-state index in [0.29, 0.717) is 0 Å². The summed E-state index contributed by atoms with van der Waals surface area (Å²) in [6.07, 6.45) is 5.90. The van der Waals surface area contributed by atoms with Gasteiger partial charge in [-0.25, -0.2) is 13.1 Å². The van der Waals surface area contributed by atoms with Crippen molar-refractivity contribution in [1.82, 2.24) is 19.3 Å². The molecule has 0 radical (unpaired) electrons. The van der Waals surface area contributed by atoms with E-state index in [1.807, 2.05) is 0 Å². The van der Waals surface area contributed by atoms with E-state index in [4.69, 9.17) is 4.74 Å². The minimum absolute atomic E-state index is 0.0205. The Morgan fingerprint density at radius 1 is 1.36 bits per heavy atom. The van der Waals surface area contributed by atoms with Crippen LogP contribution >= 0.6 is 0 Å². The van der Waals surface area contributed by atoms with E-state index in [1.54, 1.807) is 13.3 Å². The summed E-state index contributed by atoms with van der Waals surface area (Å²) < 4.78 is 33.8.